The number of nitrogens with one attached hydrogen (secondary N) is 2. The molecule has 0 saturated heterocycles. The minimum atomic E-state index is -3.21. The van der Waals surface area contributed by atoms with Gasteiger partial charge in [-0.05, 0) is 86.0 Å². The smallest absolute Gasteiger partial charge is 0.211 e. The maximum Gasteiger partial charge on any atom is 0.211 e. The molecule has 0 radical (unpaired) electrons. The van der Waals surface area contributed by atoms with Crippen LogP contribution >= 0.6 is 12.4 Å². The number of ether oxygens (including phenoxy) is 1. The van der Waals surface area contributed by atoms with Crippen LogP contribution in [0.15, 0.2) is 42.5 Å². The molecule has 33 heavy (non-hydrogen) atoms. The molecule has 1 saturated carbocycles. The van der Waals surface area contributed by atoms with Gasteiger partial charge in [0, 0.05) is 18.5 Å². The minimum absolute atomic E-state index is 0. The van der Waals surface area contributed by atoms with Gasteiger partial charge in [-0.3, -0.25) is 0 Å². The van der Waals surface area contributed by atoms with Gasteiger partial charge in [-0.2, -0.15) is 0 Å². The van der Waals surface area contributed by atoms with Gasteiger partial charge in [-0.15, -0.1) is 12.4 Å². The Bertz CT molecular complexity index is 1010. The number of aryl methyl sites for hydroxylation is 1. The summed E-state index contributed by atoms with van der Waals surface area (Å²) in [5, 5.41) is 3.43. The number of hydrogen-bond donors (Lipinski definition) is 2. The van der Waals surface area contributed by atoms with Crippen LogP contribution in [-0.2, 0) is 22.9 Å². The number of halogens is 2. The first-order chi connectivity index (χ1) is 14.9. The molecule has 2 unspecified atom stereocenters. The number of hydrogen-bond acceptors (Lipinski definition) is 4. The van der Waals surface area contributed by atoms with Crippen molar-refractivity contribution in [1.29, 1.82) is 0 Å². The second-order valence-electron chi connectivity index (χ2n) is 8.70. The number of fused-ring (bicyclic) bond motifs is 1. The summed E-state index contributed by atoms with van der Waals surface area (Å²) in [5.41, 5.74) is 3.50. The van der Waals surface area contributed by atoms with E-state index in [1.165, 1.54) is 17.2 Å². The Morgan fingerprint density at radius 1 is 1.12 bits per heavy atom. The molecular weight excluding hydrogens is 463 g/mol. The van der Waals surface area contributed by atoms with Crippen LogP contribution in [0.1, 0.15) is 49.3 Å². The van der Waals surface area contributed by atoms with Crippen molar-refractivity contribution in [2.24, 2.45) is 5.92 Å². The molecule has 2 aromatic rings. The fourth-order valence-electron chi connectivity index (χ4n) is 4.50. The number of benzene rings is 2. The Morgan fingerprint density at radius 2 is 1.91 bits per heavy atom. The lowest BCUT2D eigenvalue weighted by atomic mass is 9.76. The highest BCUT2D eigenvalue weighted by molar-refractivity contribution is 7.89. The van der Waals surface area contributed by atoms with E-state index in [0.29, 0.717) is 12.0 Å². The second kappa shape index (κ2) is 12.2. The lowest BCUT2D eigenvalue weighted by Crippen LogP contribution is -2.37. The monoisotopic (exact) mass is 498 g/mol. The van der Waals surface area contributed by atoms with Gasteiger partial charge in [0.25, 0.3) is 0 Å². The molecule has 8 heteroatoms. The van der Waals surface area contributed by atoms with E-state index < -0.39 is 10.0 Å². The van der Waals surface area contributed by atoms with Gasteiger partial charge in [0.1, 0.15) is 18.2 Å². The molecular formula is C25H36ClFN2O3S. The Kier molecular flexibility index (Phi) is 10.2. The molecule has 0 aromatic heterocycles. The lowest BCUT2D eigenvalue weighted by molar-refractivity contribution is 0.320. The first kappa shape index (κ1) is 27.6. The van der Waals surface area contributed by atoms with Gasteiger partial charge < -0.3 is 10.1 Å². The molecule has 1 fully saturated rings. The summed E-state index contributed by atoms with van der Waals surface area (Å²) in [6, 6.07) is 13.2. The highest BCUT2D eigenvalue weighted by Crippen LogP contribution is 2.36. The Hall–Kier alpha value is -1.67. The molecule has 2 aliphatic rings. The highest BCUT2D eigenvalue weighted by atomic mass is 35.5. The first-order valence-corrected chi connectivity index (χ1v) is 12.7. The quantitative estimate of drug-likeness (QED) is 0.475. The van der Waals surface area contributed by atoms with Crippen molar-refractivity contribution in [2.45, 2.75) is 51.5 Å². The molecule has 0 bridgehead atoms. The van der Waals surface area contributed by atoms with E-state index in [4.69, 9.17) is 4.74 Å². The SMILES string of the molecule is C.CNC1CCc2ccc(OCCNS(=O)(=O)CC3CC3)cc2C1Cc1cccc(F)c1.Cl. The molecule has 0 spiro atoms. The summed E-state index contributed by atoms with van der Waals surface area (Å²) in [7, 11) is -1.24. The zero-order chi connectivity index (χ0) is 21.8. The predicted octanol–water partition coefficient (Wildman–Crippen LogP) is 4.45. The maximum atomic E-state index is 13.7. The van der Waals surface area contributed by atoms with Crippen LogP contribution in [0.25, 0.3) is 0 Å². The minimum Gasteiger partial charge on any atom is -0.492 e. The van der Waals surface area contributed by atoms with E-state index in [1.807, 2.05) is 19.2 Å². The van der Waals surface area contributed by atoms with E-state index in [2.05, 4.69) is 22.2 Å². The molecule has 2 N–H and O–H groups in total. The van der Waals surface area contributed by atoms with E-state index in [9.17, 15) is 12.8 Å². The summed E-state index contributed by atoms with van der Waals surface area (Å²) in [6.45, 7) is 0.546. The summed E-state index contributed by atoms with van der Waals surface area (Å²) >= 11 is 0. The summed E-state index contributed by atoms with van der Waals surface area (Å²) in [5.74, 6) is 1.29. The molecule has 0 amide bonds. The van der Waals surface area contributed by atoms with E-state index in [1.54, 1.807) is 12.1 Å². The zero-order valence-electron chi connectivity index (χ0n) is 18.3. The number of rotatable bonds is 10. The lowest BCUT2D eigenvalue weighted by Gasteiger charge is -2.34. The van der Waals surface area contributed by atoms with E-state index in [0.717, 1.165) is 43.4 Å². The van der Waals surface area contributed by atoms with Crippen molar-refractivity contribution < 1.29 is 17.5 Å². The van der Waals surface area contributed by atoms with Crippen molar-refractivity contribution in [3.63, 3.8) is 0 Å². The van der Waals surface area contributed by atoms with Crippen LogP contribution < -0.4 is 14.8 Å². The third kappa shape index (κ3) is 7.67. The average molecular weight is 499 g/mol. The summed E-state index contributed by atoms with van der Waals surface area (Å²) < 4.78 is 46.2. The van der Waals surface area contributed by atoms with Crippen LogP contribution in [-0.4, -0.2) is 40.4 Å². The molecule has 2 aromatic carbocycles. The van der Waals surface area contributed by atoms with E-state index in [-0.39, 0.29) is 50.5 Å². The first-order valence-electron chi connectivity index (χ1n) is 11.1. The van der Waals surface area contributed by atoms with E-state index >= 15 is 0 Å². The summed E-state index contributed by atoms with van der Waals surface area (Å²) in [4.78, 5) is 0. The maximum absolute atomic E-state index is 13.7. The van der Waals surface area contributed by atoms with Gasteiger partial charge in [0.05, 0.1) is 5.75 Å². The zero-order valence-corrected chi connectivity index (χ0v) is 20.0. The molecule has 4 rings (SSSR count). The average Bonchev–Trinajstić information content (AvgIpc) is 3.55. The van der Waals surface area contributed by atoms with Gasteiger partial charge in [-0.1, -0.05) is 25.6 Å². The molecule has 2 aliphatic carbocycles. The van der Waals surface area contributed by atoms with Crippen LogP contribution in [0.5, 0.6) is 5.75 Å². The molecule has 184 valence electrons. The summed E-state index contributed by atoms with van der Waals surface area (Å²) in [6.07, 6.45) is 4.79. The van der Waals surface area contributed by atoms with Gasteiger partial charge in [-0.25, -0.2) is 17.5 Å². The molecule has 2 atom stereocenters. The molecule has 0 aliphatic heterocycles. The van der Waals surface area contributed by atoms with Crippen LogP contribution in [0.3, 0.4) is 0 Å². The largest absolute Gasteiger partial charge is 0.492 e. The number of sulfonamides is 1. The third-order valence-electron chi connectivity index (χ3n) is 6.29. The van der Waals surface area contributed by atoms with Crippen molar-refractivity contribution in [3.8, 4) is 5.75 Å². The van der Waals surface area contributed by atoms with Gasteiger partial charge in [0.15, 0.2) is 0 Å². The topological polar surface area (TPSA) is 67.4 Å². The van der Waals surface area contributed by atoms with Crippen molar-refractivity contribution in [3.05, 3.63) is 65.0 Å². The Labute approximate surface area is 204 Å². The van der Waals surface area contributed by atoms with Gasteiger partial charge in [0.2, 0.25) is 10.0 Å². The fraction of sp³-hybridized carbons (Fsp3) is 0.520. The van der Waals surface area contributed by atoms with Crippen molar-refractivity contribution >= 4 is 22.4 Å². The van der Waals surface area contributed by atoms with Crippen LogP contribution in [0, 0.1) is 11.7 Å². The van der Waals surface area contributed by atoms with Gasteiger partial charge >= 0.3 is 0 Å². The fourth-order valence-corrected chi connectivity index (χ4v) is 5.97. The third-order valence-corrected chi connectivity index (χ3v) is 7.84. The standard InChI is InChI=1S/C24H31FN2O3S.CH4.ClH/c1-26-24-10-8-19-7-9-21(30-12-11-27-31(28,29)16-17-5-6-17)15-22(19)23(24)14-18-3-2-4-20(25)13-18;;/h2-4,7,9,13,15,17,23-24,26-27H,5-6,8,10-12,14,16H2,1H3;1H4;1H. The van der Waals surface area contributed by atoms with Crippen molar-refractivity contribution in [2.75, 3.05) is 26.0 Å². The van der Waals surface area contributed by atoms with Crippen molar-refractivity contribution in [1.82, 2.24) is 10.0 Å². The molecule has 0 heterocycles. The normalized spacial score (nSPS) is 19.7. The highest BCUT2D eigenvalue weighted by Gasteiger charge is 2.29. The van der Waals surface area contributed by atoms with Crippen LogP contribution in [0.2, 0.25) is 0 Å². The number of likely N-dealkylation sites (N-methyl/N-ethyl adjacent to an activating group) is 1. The predicted molar refractivity (Wildman–Crippen MR) is 134 cm³/mol. The second-order valence-corrected chi connectivity index (χ2v) is 10.6. The molecule has 5 nitrogen and oxygen atoms in total. The Balaban J connectivity index is 0.00000193. The Morgan fingerprint density at radius 3 is 2.61 bits per heavy atom. The van der Waals surface area contributed by atoms with Crippen LogP contribution in [0.4, 0.5) is 4.39 Å².